The van der Waals surface area contributed by atoms with Crippen LogP contribution in [0.25, 0.3) is 11.9 Å². The zero-order valence-corrected chi connectivity index (χ0v) is 7.17. The highest BCUT2D eigenvalue weighted by molar-refractivity contribution is 7.13. The van der Waals surface area contributed by atoms with Crippen LogP contribution in [-0.4, -0.2) is 0 Å². The quantitative estimate of drug-likeness (QED) is 0.632. The van der Waals surface area contributed by atoms with Crippen LogP contribution in [0.15, 0.2) is 19.2 Å². The summed E-state index contributed by atoms with van der Waals surface area (Å²) in [5.74, 6) is -0.385. The van der Waals surface area contributed by atoms with E-state index in [9.17, 15) is 4.39 Å². The zero-order chi connectivity index (χ0) is 8.43. The second-order valence-electron chi connectivity index (χ2n) is 2.24. The SMILES string of the molecule is C=Cc1sc(C)cc1C(=C)F. The van der Waals surface area contributed by atoms with Crippen LogP contribution in [0.3, 0.4) is 0 Å². The van der Waals surface area contributed by atoms with E-state index in [1.54, 1.807) is 12.1 Å². The van der Waals surface area contributed by atoms with Crippen LogP contribution in [-0.2, 0) is 0 Å². The summed E-state index contributed by atoms with van der Waals surface area (Å²) in [6.45, 7) is 8.76. The Labute approximate surface area is 69.7 Å². The average Bonchev–Trinajstić information content (AvgIpc) is 2.30. The van der Waals surface area contributed by atoms with E-state index in [2.05, 4.69) is 13.2 Å². The van der Waals surface area contributed by atoms with Gasteiger partial charge in [0.1, 0.15) is 5.83 Å². The topological polar surface area (TPSA) is 0 Å². The molecule has 0 amide bonds. The van der Waals surface area contributed by atoms with Gasteiger partial charge in [0.15, 0.2) is 0 Å². The average molecular weight is 168 g/mol. The number of halogens is 1. The third kappa shape index (κ3) is 1.57. The molecule has 0 N–H and O–H groups in total. The van der Waals surface area contributed by atoms with Gasteiger partial charge in [-0.05, 0) is 13.0 Å². The van der Waals surface area contributed by atoms with Crippen molar-refractivity contribution < 1.29 is 4.39 Å². The fourth-order valence-corrected chi connectivity index (χ4v) is 1.78. The number of rotatable bonds is 2. The monoisotopic (exact) mass is 168 g/mol. The highest BCUT2D eigenvalue weighted by Gasteiger charge is 2.05. The predicted octanol–water partition coefficient (Wildman–Crippen LogP) is 3.64. The van der Waals surface area contributed by atoms with Crippen molar-refractivity contribution in [2.24, 2.45) is 0 Å². The van der Waals surface area contributed by atoms with E-state index < -0.39 is 0 Å². The molecule has 0 saturated carbocycles. The first-order valence-corrected chi connectivity index (χ1v) is 4.04. The van der Waals surface area contributed by atoms with Crippen molar-refractivity contribution in [1.29, 1.82) is 0 Å². The molecule has 0 aliphatic carbocycles. The Morgan fingerprint density at radius 2 is 2.36 bits per heavy atom. The molecule has 0 aliphatic rings. The van der Waals surface area contributed by atoms with Crippen LogP contribution in [0.5, 0.6) is 0 Å². The summed E-state index contributed by atoms with van der Waals surface area (Å²) < 4.78 is 12.7. The van der Waals surface area contributed by atoms with Crippen molar-refractivity contribution in [2.45, 2.75) is 6.92 Å². The van der Waals surface area contributed by atoms with E-state index >= 15 is 0 Å². The molecule has 1 rings (SSSR count). The summed E-state index contributed by atoms with van der Waals surface area (Å²) in [4.78, 5) is 1.93. The first-order chi connectivity index (χ1) is 5.15. The maximum atomic E-state index is 12.7. The van der Waals surface area contributed by atoms with Gasteiger partial charge in [0, 0.05) is 15.3 Å². The Bertz CT molecular complexity index is 297. The lowest BCUT2D eigenvalue weighted by Crippen LogP contribution is -1.72. The van der Waals surface area contributed by atoms with Crippen LogP contribution in [0.1, 0.15) is 15.3 Å². The van der Waals surface area contributed by atoms with Crippen molar-refractivity contribution in [2.75, 3.05) is 0 Å². The second kappa shape index (κ2) is 3.01. The van der Waals surface area contributed by atoms with Crippen molar-refractivity contribution in [3.8, 4) is 0 Å². The van der Waals surface area contributed by atoms with E-state index in [4.69, 9.17) is 0 Å². The van der Waals surface area contributed by atoms with E-state index in [0.29, 0.717) is 5.56 Å². The van der Waals surface area contributed by atoms with Crippen LogP contribution in [0, 0.1) is 6.92 Å². The molecule has 0 nitrogen and oxygen atoms in total. The largest absolute Gasteiger partial charge is 0.207 e. The van der Waals surface area contributed by atoms with Gasteiger partial charge in [0.05, 0.1) is 0 Å². The molecule has 0 aromatic carbocycles. The van der Waals surface area contributed by atoms with E-state index in [1.807, 2.05) is 6.92 Å². The van der Waals surface area contributed by atoms with Gasteiger partial charge in [0.25, 0.3) is 0 Å². The Balaban J connectivity index is 3.22. The normalized spacial score (nSPS) is 9.64. The van der Waals surface area contributed by atoms with Crippen LogP contribution in [0.2, 0.25) is 0 Å². The van der Waals surface area contributed by atoms with E-state index in [-0.39, 0.29) is 5.83 Å². The summed E-state index contributed by atoms with van der Waals surface area (Å²) >= 11 is 1.52. The van der Waals surface area contributed by atoms with Gasteiger partial charge >= 0.3 is 0 Å². The Hall–Kier alpha value is -0.890. The zero-order valence-electron chi connectivity index (χ0n) is 6.36. The van der Waals surface area contributed by atoms with Gasteiger partial charge in [0.2, 0.25) is 0 Å². The maximum Gasteiger partial charge on any atom is 0.124 e. The number of aryl methyl sites for hydroxylation is 1. The molecule has 0 atom stereocenters. The fraction of sp³-hybridized carbons (Fsp3) is 0.111. The highest BCUT2D eigenvalue weighted by atomic mass is 32.1. The number of thiophene rings is 1. The summed E-state index contributed by atoms with van der Waals surface area (Å²) in [6, 6.07) is 1.78. The lowest BCUT2D eigenvalue weighted by molar-refractivity contribution is 0.764. The summed E-state index contributed by atoms with van der Waals surface area (Å²) in [5, 5.41) is 0. The lowest BCUT2D eigenvalue weighted by atomic mass is 10.2. The van der Waals surface area contributed by atoms with Gasteiger partial charge in [-0.3, -0.25) is 0 Å². The van der Waals surface area contributed by atoms with Crippen molar-refractivity contribution in [3.05, 3.63) is 34.5 Å². The molecule has 0 unspecified atom stereocenters. The Morgan fingerprint density at radius 3 is 2.73 bits per heavy atom. The molecule has 0 radical (unpaired) electrons. The fourth-order valence-electron chi connectivity index (χ4n) is 0.896. The molecule has 0 saturated heterocycles. The van der Waals surface area contributed by atoms with Crippen molar-refractivity contribution in [1.82, 2.24) is 0 Å². The molecular formula is C9H9FS. The van der Waals surface area contributed by atoms with Crippen LogP contribution in [0.4, 0.5) is 4.39 Å². The molecule has 0 spiro atoms. The molecule has 1 heterocycles. The first kappa shape index (κ1) is 8.21. The molecule has 0 fully saturated rings. The minimum atomic E-state index is -0.385. The minimum Gasteiger partial charge on any atom is -0.207 e. The predicted molar refractivity (Wildman–Crippen MR) is 49.3 cm³/mol. The minimum absolute atomic E-state index is 0.385. The lowest BCUT2D eigenvalue weighted by Gasteiger charge is -1.90. The molecular weight excluding hydrogens is 159 g/mol. The number of hydrogen-bond acceptors (Lipinski definition) is 1. The summed E-state index contributed by atoms with van der Waals surface area (Å²) in [6.07, 6.45) is 1.65. The first-order valence-electron chi connectivity index (χ1n) is 3.23. The van der Waals surface area contributed by atoms with Crippen molar-refractivity contribution >= 4 is 23.2 Å². The second-order valence-corrected chi connectivity index (χ2v) is 3.53. The third-order valence-corrected chi connectivity index (χ3v) is 2.41. The molecule has 0 bridgehead atoms. The molecule has 58 valence electrons. The smallest absolute Gasteiger partial charge is 0.124 e. The third-order valence-electron chi connectivity index (χ3n) is 1.36. The van der Waals surface area contributed by atoms with Gasteiger partial charge < -0.3 is 0 Å². The van der Waals surface area contributed by atoms with Crippen LogP contribution >= 0.6 is 11.3 Å². The molecule has 1 aromatic rings. The highest BCUT2D eigenvalue weighted by Crippen LogP contribution is 2.28. The van der Waals surface area contributed by atoms with Gasteiger partial charge in [-0.2, -0.15) is 0 Å². The maximum absolute atomic E-state index is 12.7. The van der Waals surface area contributed by atoms with Crippen LogP contribution < -0.4 is 0 Å². The van der Waals surface area contributed by atoms with Gasteiger partial charge in [-0.15, -0.1) is 11.3 Å². The molecule has 0 aliphatic heterocycles. The molecule has 2 heteroatoms. The van der Waals surface area contributed by atoms with E-state index in [0.717, 1.165) is 9.75 Å². The standard InChI is InChI=1S/C9H9FS/c1-4-9-8(7(3)10)5-6(2)11-9/h4-5H,1,3H2,2H3. The summed E-state index contributed by atoms with van der Waals surface area (Å²) in [5.41, 5.74) is 0.572. The molecule has 11 heavy (non-hydrogen) atoms. The number of hydrogen-bond donors (Lipinski definition) is 0. The van der Waals surface area contributed by atoms with Gasteiger partial charge in [-0.1, -0.05) is 19.2 Å². The van der Waals surface area contributed by atoms with Crippen molar-refractivity contribution in [3.63, 3.8) is 0 Å². The van der Waals surface area contributed by atoms with Gasteiger partial charge in [-0.25, -0.2) is 4.39 Å². The Morgan fingerprint density at radius 1 is 1.73 bits per heavy atom. The Kier molecular flexibility index (Phi) is 2.25. The van der Waals surface area contributed by atoms with E-state index in [1.165, 1.54) is 11.3 Å². The summed E-state index contributed by atoms with van der Waals surface area (Å²) in [7, 11) is 0. The molecule has 1 aromatic heterocycles.